The van der Waals surface area contributed by atoms with E-state index in [0.717, 1.165) is 12.0 Å². The molecule has 28 heavy (non-hydrogen) atoms. The second-order valence-electron chi connectivity index (χ2n) is 6.46. The molecule has 1 fully saturated rings. The highest BCUT2D eigenvalue weighted by Crippen LogP contribution is 2.30. The van der Waals surface area contributed by atoms with Crippen LogP contribution >= 0.6 is 12.4 Å². The summed E-state index contributed by atoms with van der Waals surface area (Å²) in [4.78, 5) is 38.1. The first kappa shape index (κ1) is 23.7. The quantitative estimate of drug-likeness (QED) is 0.543. The molecule has 3 N–H and O–H groups in total. The molecule has 1 heterocycles. The number of likely N-dealkylation sites (N-methyl/N-ethyl adjacent to an activating group) is 1. The summed E-state index contributed by atoms with van der Waals surface area (Å²) in [7, 11) is 3.18. The van der Waals surface area contributed by atoms with Gasteiger partial charge in [0.05, 0.1) is 13.2 Å². The van der Waals surface area contributed by atoms with Crippen LogP contribution in [-0.2, 0) is 14.4 Å². The summed E-state index contributed by atoms with van der Waals surface area (Å²) in [6.45, 7) is 2.83. The summed E-state index contributed by atoms with van der Waals surface area (Å²) in [5.41, 5.74) is 0.813. The highest BCUT2D eigenvalue weighted by Gasteiger charge is 2.38. The maximum atomic E-state index is 12.6. The van der Waals surface area contributed by atoms with Crippen molar-refractivity contribution in [3.05, 3.63) is 29.8 Å². The normalized spacial score (nSPS) is 17.2. The van der Waals surface area contributed by atoms with E-state index in [0.29, 0.717) is 31.8 Å². The van der Waals surface area contributed by atoms with Gasteiger partial charge >= 0.3 is 0 Å². The molecule has 0 spiro atoms. The first-order valence-corrected chi connectivity index (χ1v) is 9.11. The molecule has 0 aliphatic carbocycles. The maximum absolute atomic E-state index is 12.6. The fourth-order valence-electron chi connectivity index (χ4n) is 3.34. The molecule has 3 amide bonds. The Morgan fingerprint density at radius 1 is 1.18 bits per heavy atom. The van der Waals surface area contributed by atoms with Gasteiger partial charge in [0.1, 0.15) is 11.8 Å². The molecule has 0 unspecified atom stereocenters. The Labute approximate surface area is 171 Å². The zero-order chi connectivity index (χ0) is 19.8. The molecule has 156 valence electrons. The van der Waals surface area contributed by atoms with Gasteiger partial charge in [-0.05, 0) is 30.5 Å². The first-order chi connectivity index (χ1) is 13.0. The second-order valence-corrected chi connectivity index (χ2v) is 6.46. The summed E-state index contributed by atoms with van der Waals surface area (Å²) < 4.78 is 5.18. The number of rotatable bonds is 8. The Morgan fingerprint density at radius 2 is 1.82 bits per heavy atom. The van der Waals surface area contributed by atoms with E-state index >= 15 is 0 Å². The Bertz CT molecular complexity index is 668. The van der Waals surface area contributed by atoms with Gasteiger partial charge in [0.15, 0.2) is 0 Å². The lowest BCUT2D eigenvalue weighted by Crippen LogP contribution is -2.49. The maximum Gasteiger partial charge on any atom is 0.241 e. The SMILES string of the molecule is CNC(=O)[C@@H](c1ccc(OC)cc1)N1CCC[C@H]1C(=O)NCCNC(C)=O.Cl. The number of hydrogen-bond acceptors (Lipinski definition) is 5. The molecular weight excluding hydrogens is 384 g/mol. The zero-order valence-electron chi connectivity index (χ0n) is 16.5. The highest BCUT2D eigenvalue weighted by atomic mass is 35.5. The number of benzene rings is 1. The number of likely N-dealkylation sites (tertiary alicyclic amines) is 1. The fourth-order valence-corrected chi connectivity index (χ4v) is 3.34. The average molecular weight is 413 g/mol. The van der Waals surface area contributed by atoms with Gasteiger partial charge in [0.2, 0.25) is 17.7 Å². The number of carbonyl (C=O) groups excluding carboxylic acids is 3. The van der Waals surface area contributed by atoms with Gasteiger partial charge in [-0.3, -0.25) is 19.3 Å². The van der Waals surface area contributed by atoms with Crippen molar-refractivity contribution in [3.63, 3.8) is 0 Å². The molecule has 0 radical (unpaired) electrons. The number of hydrogen-bond donors (Lipinski definition) is 3. The minimum Gasteiger partial charge on any atom is -0.497 e. The lowest BCUT2D eigenvalue weighted by atomic mass is 10.0. The van der Waals surface area contributed by atoms with Crippen LogP contribution in [0.5, 0.6) is 5.75 Å². The second kappa shape index (κ2) is 11.5. The highest BCUT2D eigenvalue weighted by molar-refractivity contribution is 5.86. The van der Waals surface area contributed by atoms with Crippen molar-refractivity contribution in [3.8, 4) is 5.75 Å². The Kier molecular flexibility index (Phi) is 9.75. The topological polar surface area (TPSA) is 99.8 Å². The molecule has 0 saturated carbocycles. The van der Waals surface area contributed by atoms with Crippen molar-refractivity contribution in [2.45, 2.75) is 31.8 Å². The number of halogens is 1. The zero-order valence-corrected chi connectivity index (χ0v) is 17.3. The van der Waals surface area contributed by atoms with E-state index in [9.17, 15) is 14.4 Å². The molecule has 1 aromatic rings. The van der Waals surface area contributed by atoms with Crippen LogP contribution in [0.3, 0.4) is 0 Å². The van der Waals surface area contributed by atoms with E-state index in [2.05, 4.69) is 16.0 Å². The van der Waals surface area contributed by atoms with Crippen LogP contribution in [0.25, 0.3) is 0 Å². The van der Waals surface area contributed by atoms with Crippen LogP contribution in [-0.4, -0.2) is 62.5 Å². The van der Waals surface area contributed by atoms with Crippen LogP contribution in [0.2, 0.25) is 0 Å². The van der Waals surface area contributed by atoms with E-state index in [1.54, 1.807) is 14.2 Å². The predicted molar refractivity (Wildman–Crippen MR) is 108 cm³/mol. The summed E-state index contributed by atoms with van der Waals surface area (Å²) >= 11 is 0. The Balaban J connectivity index is 0.00000392. The summed E-state index contributed by atoms with van der Waals surface area (Å²) in [6.07, 6.45) is 1.53. The Hall–Kier alpha value is -2.32. The van der Waals surface area contributed by atoms with Crippen molar-refractivity contribution in [2.75, 3.05) is 33.8 Å². The third-order valence-corrected chi connectivity index (χ3v) is 4.65. The van der Waals surface area contributed by atoms with E-state index in [-0.39, 0.29) is 36.2 Å². The summed E-state index contributed by atoms with van der Waals surface area (Å²) in [5, 5.41) is 8.19. The molecule has 2 atom stereocenters. The largest absolute Gasteiger partial charge is 0.497 e. The number of amides is 3. The molecule has 0 bridgehead atoms. The van der Waals surface area contributed by atoms with E-state index in [4.69, 9.17) is 4.74 Å². The number of ether oxygens (including phenoxy) is 1. The minimum atomic E-state index is -0.547. The van der Waals surface area contributed by atoms with Crippen molar-refractivity contribution < 1.29 is 19.1 Å². The number of methoxy groups -OCH3 is 1. The van der Waals surface area contributed by atoms with Crippen molar-refractivity contribution in [1.82, 2.24) is 20.9 Å². The molecule has 8 nitrogen and oxygen atoms in total. The molecular formula is C19H29ClN4O4. The standard InChI is InChI=1S/C19H28N4O4.ClH/c1-13(24)21-10-11-22-18(25)16-5-4-12-23(16)17(19(26)20-2)14-6-8-15(27-3)9-7-14;/h6-9,16-17H,4-5,10-12H2,1-3H3,(H,20,26)(H,21,24)(H,22,25);1H/t16-,17+;/m0./s1. The van der Waals surface area contributed by atoms with Gasteiger partial charge in [0, 0.05) is 33.6 Å². The molecule has 2 rings (SSSR count). The Morgan fingerprint density at radius 3 is 2.39 bits per heavy atom. The first-order valence-electron chi connectivity index (χ1n) is 9.11. The van der Waals surface area contributed by atoms with E-state index in [1.165, 1.54) is 6.92 Å². The fraction of sp³-hybridized carbons (Fsp3) is 0.526. The molecule has 1 saturated heterocycles. The van der Waals surface area contributed by atoms with Gasteiger partial charge in [0.25, 0.3) is 0 Å². The van der Waals surface area contributed by atoms with Crippen molar-refractivity contribution >= 4 is 30.1 Å². The predicted octanol–water partition coefficient (Wildman–Crippen LogP) is 0.621. The van der Waals surface area contributed by atoms with Gasteiger partial charge in [-0.15, -0.1) is 12.4 Å². The smallest absolute Gasteiger partial charge is 0.241 e. The summed E-state index contributed by atoms with van der Waals surface area (Å²) in [5.74, 6) is 0.299. The number of carbonyl (C=O) groups is 3. The number of nitrogens with zero attached hydrogens (tertiary/aromatic N) is 1. The lowest BCUT2D eigenvalue weighted by Gasteiger charge is -2.31. The lowest BCUT2D eigenvalue weighted by molar-refractivity contribution is -0.131. The third kappa shape index (κ3) is 6.10. The third-order valence-electron chi connectivity index (χ3n) is 4.65. The van der Waals surface area contributed by atoms with Crippen LogP contribution in [0, 0.1) is 0 Å². The van der Waals surface area contributed by atoms with Gasteiger partial charge in [-0.25, -0.2) is 0 Å². The van der Waals surface area contributed by atoms with E-state index < -0.39 is 6.04 Å². The molecule has 1 aliphatic rings. The molecule has 9 heteroatoms. The number of nitrogens with one attached hydrogen (secondary N) is 3. The molecule has 1 aliphatic heterocycles. The van der Waals surface area contributed by atoms with Gasteiger partial charge in [-0.1, -0.05) is 12.1 Å². The van der Waals surface area contributed by atoms with Crippen molar-refractivity contribution in [2.24, 2.45) is 0 Å². The van der Waals surface area contributed by atoms with Gasteiger partial charge in [-0.2, -0.15) is 0 Å². The van der Waals surface area contributed by atoms with E-state index in [1.807, 2.05) is 29.2 Å². The van der Waals surface area contributed by atoms with Crippen LogP contribution in [0.4, 0.5) is 0 Å². The van der Waals surface area contributed by atoms with Gasteiger partial charge < -0.3 is 20.7 Å². The van der Waals surface area contributed by atoms with Crippen LogP contribution < -0.4 is 20.7 Å². The summed E-state index contributed by atoms with van der Waals surface area (Å²) in [6, 6.07) is 6.39. The minimum absolute atomic E-state index is 0. The van der Waals surface area contributed by atoms with Crippen LogP contribution in [0.15, 0.2) is 24.3 Å². The molecule has 0 aromatic heterocycles. The monoisotopic (exact) mass is 412 g/mol. The molecule has 1 aromatic carbocycles. The average Bonchev–Trinajstić information content (AvgIpc) is 3.14. The van der Waals surface area contributed by atoms with Crippen molar-refractivity contribution in [1.29, 1.82) is 0 Å². The van der Waals surface area contributed by atoms with Crippen LogP contribution in [0.1, 0.15) is 31.4 Å².